The summed E-state index contributed by atoms with van der Waals surface area (Å²) in [4.78, 5) is 15.1. The second-order valence-corrected chi connectivity index (χ2v) is 6.95. The monoisotopic (exact) mass is 396 g/mol. The first kappa shape index (κ1) is 18.3. The number of carbonyl (C=O) groups excluding carboxylic acids is 1. The van der Waals surface area contributed by atoms with Crippen LogP contribution in [0, 0.1) is 0 Å². The molecule has 6 nitrogen and oxygen atoms in total. The highest BCUT2D eigenvalue weighted by molar-refractivity contribution is 7.80. The van der Waals surface area contributed by atoms with E-state index in [0.29, 0.717) is 33.5 Å². The van der Waals surface area contributed by atoms with Crippen LogP contribution < -0.4 is 19.5 Å². The fraction of sp³-hybridized carbons (Fsp3) is 0.238. The van der Waals surface area contributed by atoms with Crippen LogP contribution in [0.1, 0.15) is 27.5 Å². The summed E-state index contributed by atoms with van der Waals surface area (Å²) in [6.07, 6.45) is 0. The lowest BCUT2D eigenvalue weighted by Gasteiger charge is -2.36. The van der Waals surface area contributed by atoms with Crippen molar-refractivity contribution in [2.45, 2.75) is 6.04 Å². The van der Waals surface area contributed by atoms with Gasteiger partial charge in [-0.1, -0.05) is 24.3 Å². The number of nitrogens with zero attached hydrogens (tertiary/aromatic N) is 1. The Balaban J connectivity index is 1.93. The molecule has 1 aliphatic carbocycles. The number of likely N-dealkylation sites (N-methyl/N-ethyl adjacent to an activating group) is 1. The molecule has 2 aliphatic rings. The second-order valence-electron chi connectivity index (χ2n) is 6.57. The number of hydrogen-bond acceptors (Lipinski definition) is 5. The minimum atomic E-state index is -0.377. The Bertz CT molecular complexity index is 1010. The maximum absolute atomic E-state index is 13.2. The lowest BCUT2D eigenvalue weighted by Crippen LogP contribution is -2.44. The molecule has 1 heterocycles. The highest BCUT2D eigenvalue weighted by atomic mass is 32.1. The molecular formula is C21H20N2O4S. The Morgan fingerprint density at radius 2 is 1.61 bits per heavy atom. The molecule has 2 aromatic carbocycles. The van der Waals surface area contributed by atoms with Crippen molar-refractivity contribution in [2.75, 3.05) is 28.4 Å². The molecule has 0 saturated heterocycles. The number of methoxy groups -OCH3 is 3. The minimum absolute atomic E-state index is 0.00815. The molecule has 1 aliphatic heterocycles. The van der Waals surface area contributed by atoms with Gasteiger partial charge < -0.3 is 24.4 Å². The third-order valence-electron chi connectivity index (χ3n) is 5.17. The number of thiocarbonyl (C=S) groups is 1. The van der Waals surface area contributed by atoms with E-state index in [1.807, 2.05) is 48.3 Å². The number of ether oxygens (including phenoxy) is 3. The summed E-state index contributed by atoms with van der Waals surface area (Å²) in [5.74, 6) is 1.55. The van der Waals surface area contributed by atoms with Gasteiger partial charge in [0.1, 0.15) is 0 Å². The van der Waals surface area contributed by atoms with Gasteiger partial charge in [0, 0.05) is 18.2 Å². The smallest absolute Gasteiger partial charge is 0.203 e. The van der Waals surface area contributed by atoms with Gasteiger partial charge in [-0.05, 0) is 29.9 Å². The molecule has 0 amide bonds. The van der Waals surface area contributed by atoms with Crippen LogP contribution in [-0.4, -0.2) is 44.2 Å². The van der Waals surface area contributed by atoms with Gasteiger partial charge in [-0.25, -0.2) is 0 Å². The Hall–Kier alpha value is -3.06. The number of rotatable bonds is 4. The van der Waals surface area contributed by atoms with Crippen molar-refractivity contribution in [1.82, 2.24) is 10.2 Å². The predicted octanol–water partition coefficient (Wildman–Crippen LogP) is 3.18. The summed E-state index contributed by atoms with van der Waals surface area (Å²) < 4.78 is 16.4. The number of ketones is 1. The molecule has 4 rings (SSSR count). The van der Waals surface area contributed by atoms with Gasteiger partial charge in [-0.3, -0.25) is 4.79 Å². The van der Waals surface area contributed by atoms with E-state index in [-0.39, 0.29) is 11.8 Å². The van der Waals surface area contributed by atoms with E-state index in [4.69, 9.17) is 26.4 Å². The lowest BCUT2D eigenvalue weighted by atomic mass is 9.92. The van der Waals surface area contributed by atoms with Gasteiger partial charge in [0.25, 0.3) is 0 Å². The van der Waals surface area contributed by atoms with Gasteiger partial charge in [-0.15, -0.1) is 0 Å². The summed E-state index contributed by atoms with van der Waals surface area (Å²) in [5.41, 5.74) is 3.80. The average molecular weight is 396 g/mol. The molecule has 7 heteroatoms. The highest BCUT2D eigenvalue weighted by Crippen LogP contribution is 2.47. The van der Waals surface area contributed by atoms with Gasteiger partial charge in [0.2, 0.25) is 5.75 Å². The van der Waals surface area contributed by atoms with Crippen molar-refractivity contribution >= 4 is 28.8 Å². The van der Waals surface area contributed by atoms with E-state index < -0.39 is 0 Å². The van der Waals surface area contributed by atoms with Gasteiger partial charge in [0.05, 0.1) is 38.6 Å². The molecule has 2 aromatic rings. The van der Waals surface area contributed by atoms with E-state index >= 15 is 0 Å². The molecule has 28 heavy (non-hydrogen) atoms. The first-order chi connectivity index (χ1) is 13.5. The number of benzene rings is 2. The number of fused-ring (bicyclic) bond motifs is 2. The summed E-state index contributed by atoms with van der Waals surface area (Å²) in [6, 6.07) is 10.9. The van der Waals surface area contributed by atoms with E-state index in [0.717, 1.165) is 16.8 Å². The number of carbonyl (C=O) groups is 1. The van der Waals surface area contributed by atoms with Crippen molar-refractivity contribution in [3.63, 3.8) is 0 Å². The Morgan fingerprint density at radius 3 is 2.18 bits per heavy atom. The third kappa shape index (κ3) is 2.54. The highest BCUT2D eigenvalue weighted by Gasteiger charge is 2.41. The summed E-state index contributed by atoms with van der Waals surface area (Å²) in [5, 5.41) is 3.77. The number of Topliss-reactive ketones (excluding diaryl/α,β-unsaturated/α-hetero) is 1. The third-order valence-corrected chi connectivity index (χ3v) is 5.56. The second kappa shape index (κ2) is 6.83. The maximum Gasteiger partial charge on any atom is 0.203 e. The first-order valence-corrected chi connectivity index (χ1v) is 9.14. The SMILES string of the molecule is COc1cc(C2C3=C(NC(=S)N2C)c2ccccc2C3=O)cc(OC)c1OC. The standard InChI is InChI=1S/C21H20N2O4S/c1-23-18(11-9-14(25-2)20(27-4)15(10-11)26-3)16-17(22-21(23)28)12-7-5-6-8-13(12)19(16)24/h5-10,18H,1-4H3,(H,22,28). The molecule has 1 N–H and O–H groups in total. The molecule has 1 atom stereocenters. The Morgan fingerprint density at radius 1 is 1.00 bits per heavy atom. The van der Waals surface area contributed by atoms with Crippen LogP contribution in [0.5, 0.6) is 17.2 Å². The van der Waals surface area contributed by atoms with E-state index in [1.54, 1.807) is 21.3 Å². The van der Waals surface area contributed by atoms with Crippen LogP contribution in [0.3, 0.4) is 0 Å². The van der Waals surface area contributed by atoms with E-state index in [2.05, 4.69) is 5.32 Å². The summed E-state index contributed by atoms with van der Waals surface area (Å²) in [7, 11) is 6.56. The lowest BCUT2D eigenvalue weighted by molar-refractivity contribution is 0.102. The van der Waals surface area contributed by atoms with Crippen LogP contribution >= 0.6 is 12.2 Å². The van der Waals surface area contributed by atoms with E-state index in [9.17, 15) is 4.79 Å². The zero-order valence-corrected chi connectivity index (χ0v) is 16.8. The molecule has 0 aromatic heterocycles. The zero-order valence-electron chi connectivity index (χ0n) is 16.0. The van der Waals surface area contributed by atoms with Crippen molar-refractivity contribution in [1.29, 1.82) is 0 Å². The van der Waals surface area contributed by atoms with Gasteiger partial charge >= 0.3 is 0 Å². The predicted molar refractivity (Wildman–Crippen MR) is 110 cm³/mol. The van der Waals surface area contributed by atoms with Crippen molar-refractivity contribution < 1.29 is 19.0 Å². The molecular weight excluding hydrogens is 376 g/mol. The molecule has 0 fully saturated rings. The van der Waals surface area contributed by atoms with Crippen LogP contribution in [0.4, 0.5) is 0 Å². The zero-order chi connectivity index (χ0) is 20.0. The molecule has 144 valence electrons. The summed E-state index contributed by atoms with van der Waals surface area (Å²) in [6.45, 7) is 0. The number of hydrogen-bond donors (Lipinski definition) is 1. The van der Waals surface area contributed by atoms with Crippen LogP contribution in [0.2, 0.25) is 0 Å². The van der Waals surface area contributed by atoms with Crippen molar-refractivity contribution in [3.05, 3.63) is 58.7 Å². The van der Waals surface area contributed by atoms with Gasteiger partial charge in [-0.2, -0.15) is 0 Å². The summed E-state index contributed by atoms with van der Waals surface area (Å²) >= 11 is 5.55. The number of nitrogens with one attached hydrogen (secondary N) is 1. The van der Waals surface area contributed by atoms with Crippen molar-refractivity contribution in [3.8, 4) is 17.2 Å². The average Bonchev–Trinajstić information content (AvgIpc) is 2.99. The fourth-order valence-corrected chi connectivity index (χ4v) is 4.06. The van der Waals surface area contributed by atoms with Crippen molar-refractivity contribution in [2.24, 2.45) is 0 Å². The van der Waals surface area contributed by atoms with Crippen LogP contribution in [-0.2, 0) is 0 Å². The maximum atomic E-state index is 13.2. The topological polar surface area (TPSA) is 60.0 Å². The van der Waals surface area contributed by atoms with Crippen LogP contribution in [0.15, 0.2) is 42.0 Å². The normalized spacial score (nSPS) is 17.9. The van der Waals surface area contributed by atoms with Crippen LogP contribution in [0.25, 0.3) is 5.70 Å². The molecule has 0 bridgehead atoms. The fourth-order valence-electron chi connectivity index (χ4n) is 3.85. The first-order valence-electron chi connectivity index (χ1n) is 8.73. The molecule has 0 saturated carbocycles. The largest absolute Gasteiger partial charge is 0.493 e. The Kier molecular flexibility index (Phi) is 4.47. The minimum Gasteiger partial charge on any atom is -0.493 e. The molecule has 0 radical (unpaired) electrons. The van der Waals surface area contributed by atoms with E-state index in [1.165, 1.54) is 0 Å². The molecule has 1 unspecified atom stereocenters. The Labute approximate surface area is 168 Å². The van der Waals surface area contributed by atoms with Gasteiger partial charge in [0.15, 0.2) is 22.4 Å². The molecule has 0 spiro atoms. The quantitative estimate of drug-likeness (QED) is 0.797.